The summed E-state index contributed by atoms with van der Waals surface area (Å²) >= 11 is 0. The standard InChI is InChI=1S/C14H20N2/c1-10-2-3-11-4-6-13-7-5-12(15)9-16(13)14(11)8-10/h2-3,8,12-13H,4-7,9,15H2,1H3. The molecule has 16 heavy (non-hydrogen) atoms. The van der Waals surface area contributed by atoms with E-state index in [9.17, 15) is 0 Å². The Kier molecular flexibility index (Phi) is 2.40. The quantitative estimate of drug-likeness (QED) is 0.720. The molecule has 2 aliphatic rings. The number of piperidine rings is 1. The number of hydrogen-bond donors (Lipinski definition) is 1. The van der Waals surface area contributed by atoms with E-state index >= 15 is 0 Å². The fourth-order valence-electron chi connectivity index (χ4n) is 3.13. The maximum Gasteiger partial charge on any atom is 0.0404 e. The molecule has 2 heteroatoms. The highest BCUT2D eigenvalue weighted by molar-refractivity contribution is 5.58. The normalized spacial score (nSPS) is 28.5. The lowest BCUT2D eigenvalue weighted by atomic mass is 9.88. The fraction of sp³-hybridized carbons (Fsp3) is 0.571. The number of aryl methyl sites for hydroxylation is 2. The van der Waals surface area contributed by atoms with E-state index in [0.717, 1.165) is 12.6 Å². The third-order valence-corrected chi connectivity index (χ3v) is 4.04. The molecule has 1 fully saturated rings. The molecule has 86 valence electrons. The zero-order chi connectivity index (χ0) is 11.1. The second kappa shape index (κ2) is 3.77. The van der Waals surface area contributed by atoms with Gasteiger partial charge in [-0.25, -0.2) is 0 Å². The van der Waals surface area contributed by atoms with E-state index in [1.165, 1.54) is 42.5 Å². The van der Waals surface area contributed by atoms with Gasteiger partial charge in [-0.05, 0) is 49.8 Å². The first-order valence-corrected chi connectivity index (χ1v) is 6.36. The van der Waals surface area contributed by atoms with Crippen LogP contribution in [-0.4, -0.2) is 18.6 Å². The number of nitrogens with two attached hydrogens (primary N) is 1. The van der Waals surface area contributed by atoms with Crippen LogP contribution in [0.15, 0.2) is 18.2 Å². The molecule has 3 rings (SSSR count). The number of rotatable bonds is 0. The van der Waals surface area contributed by atoms with Gasteiger partial charge in [0.25, 0.3) is 0 Å². The Morgan fingerprint density at radius 2 is 2.12 bits per heavy atom. The van der Waals surface area contributed by atoms with Gasteiger partial charge in [-0.3, -0.25) is 0 Å². The number of nitrogens with zero attached hydrogens (tertiary/aromatic N) is 1. The lowest BCUT2D eigenvalue weighted by Gasteiger charge is -2.44. The maximum atomic E-state index is 6.10. The molecule has 2 nitrogen and oxygen atoms in total. The summed E-state index contributed by atoms with van der Waals surface area (Å²) in [5.74, 6) is 0. The van der Waals surface area contributed by atoms with Gasteiger partial charge in [-0.15, -0.1) is 0 Å². The maximum absolute atomic E-state index is 6.10. The van der Waals surface area contributed by atoms with Gasteiger partial charge >= 0.3 is 0 Å². The van der Waals surface area contributed by atoms with Crippen molar-refractivity contribution in [3.05, 3.63) is 29.3 Å². The van der Waals surface area contributed by atoms with Crippen molar-refractivity contribution in [2.24, 2.45) is 5.73 Å². The second-order valence-corrected chi connectivity index (χ2v) is 5.31. The molecule has 2 aliphatic heterocycles. The van der Waals surface area contributed by atoms with E-state index in [4.69, 9.17) is 5.73 Å². The average molecular weight is 216 g/mol. The first kappa shape index (κ1) is 10.2. The van der Waals surface area contributed by atoms with Crippen molar-refractivity contribution >= 4 is 5.69 Å². The van der Waals surface area contributed by atoms with Gasteiger partial charge in [0, 0.05) is 24.3 Å². The van der Waals surface area contributed by atoms with Crippen LogP contribution in [0.1, 0.15) is 30.4 Å². The predicted octanol–water partition coefficient (Wildman–Crippen LogP) is 2.24. The van der Waals surface area contributed by atoms with E-state index in [1.807, 2.05) is 0 Å². The lowest BCUT2D eigenvalue weighted by molar-refractivity contribution is 0.390. The van der Waals surface area contributed by atoms with Crippen molar-refractivity contribution in [3.63, 3.8) is 0 Å². The molecule has 2 heterocycles. The molecule has 0 spiro atoms. The molecule has 0 radical (unpaired) electrons. The molecule has 0 saturated carbocycles. The molecule has 0 aromatic heterocycles. The molecule has 2 atom stereocenters. The Morgan fingerprint density at radius 1 is 1.25 bits per heavy atom. The van der Waals surface area contributed by atoms with Crippen LogP contribution in [0.5, 0.6) is 0 Å². The monoisotopic (exact) mass is 216 g/mol. The Hall–Kier alpha value is -1.02. The minimum atomic E-state index is 0.364. The molecular formula is C14H20N2. The van der Waals surface area contributed by atoms with Gasteiger partial charge in [0.05, 0.1) is 0 Å². The van der Waals surface area contributed by atoms with E-state index in [1.54, 1.807) is 0 Å². The highest BCUT2D eigenvalue weighted by atomic mass is 15.2. The minimum Gasteiger partial charge on any atom is -0.367 e. The third-order valence-electron chi connectivity index (χ3n) is 4.04. The number of benzene rings is 1. The number of fused-ring (bicyclic) bond motifs is 3. The van der Waals surface area contributed by atoms with Crippen molar-refractivity contribution in [2.45, 2.75) is 44.7 Å². The number of hydrogen-bond acceptors (Lipinski definition) is 2. The Labute approximate surface area is 97.4 Å². The van der Waals surface area contributed by atoms with Gasteiger partial charge < -0.3 is 10.6 Å². The molecule has 0 amide bonds. The smallest absolute Gasteiger partial charge is 0.0404 e. The fourth-order valence-corrected chi connectivity index (χ4v) is 3.13. The van der Waals surface area contributed by atoms with Gasteiger partial charge in [0.1, 0.15) is 0 Å². The zero-order valence-corrected chi connectivity index (χ0v) is 9.95. The van der Waals surface area contributed by atoms with Gasteiger partial charge in [0.2, 0.25) is 0 Å². The first-order valence-electron chi connectivity index (χ1n) is 6.36. The largest absolute Gasteiger partial charge is 0.367 e. The molecular weight excluding hydrogens is 196 g/mol. The van der Waals surface area contributed by atoms with Crippen LogP contribution < -0.4 is 10.6 Å². The molecule has 1 aromatic rings. The predicted molar refractivity (Wildman–Crippen MR) is 67.8 cm³/mol. The number of anilines is 1. The minimum absolute atomic E-state index is 0.364. The van der Waals surface area contributed by atoms with E-state index in [0.29, 0.717) is 6.04 Å². The van der Waals surface area contributed by atoms with Crippen molar-refractivity contribution < 1.29 is 0 Å². The summed E-state index contributed by atoms with van der Waals surface area (Å²) < 4.78 is 0. The van der Waals surface area contributed by atoms with E-state index in [-0.39, 0.29) is 0 Å². The van der Waals surface area contributed by atoms with Crippen LogP contribution in [-0.2, 0) is 6.42 Å². The summed E-state index contributed by atoms with van der Waals surface area (Å²) in [6.45, 7) is 3.22. The topological polar surface area (TPSA) is 29.3 Å². The Morgan fingerprint density at radius 3 is 3.00 bits per heavy atom. The average Bonchev–Trinajstić information content (AvgIpc) is 2.29. The van der Waals surface area contributed by atoms with Crippen molar-refractivity contribution in [3.8, 4) is 0 Å². The second-order valence-electron chi connectivity index (χ2n) is 5.31. The Bertz CT molecular complexity index is 400. The summed E-state index contributed by atoms with van der Waals surface area (Å²) in [5, 5.41) is 0. The van der Waals surface area contributed by atoms with Gasteiger partial charge in [-0.2, -0.15) is 0 Å². The first-order chi connectivity index (χ1) is 7.74. The van der Waals surface area contributed by atoms with E-state index < -0.39 is 0 Å². The SMILES string of the molecule is Cc1ccc2c(c1)N1CC(N)CCC1CC2. The van der Waals surface area contributed by atoms with Crippen LogP contribution in [0.2, 0.25) is 0 Å². The van der Waals surface area contributed by atoms with Crippen molar-refractivity contribution in [1.82, 2.24) is 0 Å². The molecule has 1 aromatic carbocycles. The molecule has 2 N–H and O–H groups in total. The summed E-state index contributed by atoms with van der Waals surface area (Å²) in [4.78, 5) is 2.56. The third kappa shape index (κ3) is 1.61. The van der Waals surface area contributed by atoms with Crippen LogP contribution in [0, 0.1) is 6.92 Å². The zero-order valence-electron chi connectivity index (χ0n) is 9.95. The van der Waals surface area contributed by atoms with Crippen LogP contribution in [0.3, 0.4) is 0 Å². The molecule has 1 saturated heterocycles. The van der Waals surface area contributed by atoms with Crippen LogP contribution >= 0.6 is 0 Å². The highest BCUT2D eigenvalue weighted by Gasteiger charge is 2.30. The van der Waals surface area contributed by atoms with Crippen LogP contribution in [0.4, 0.5) is 5.69 Å². The molecule has 2 unspecified atom stereocenters. The summed E-state index contributed by atoms with van der Waals surface area (Å²) in [7, 11) is 0. The van der Waals surface area contributed by atoms with Crippen LogP contribution in [0.25, 0.3) is 0 Å². The van der Waals surface area contributed by atoms with Gasteiger partial charge in [-0.1, -0.05) is 12.1 Å². The molecule has 0 bridgehead atoms. The Balaban J connectivity index is 1.99. The van der Waals surface area contributed by atoms with Gasteiger partial charge in [0.15, 0.2) is 0 Å². The summed E-state index contributed by atoms with van der Waals surface area (Å²) in [6.07, 6.45) is 5.02. The highest BCUT2D eigenvalue weighted by Crippen LogP contribution is 2.35. The molecule has 0 aliphatic carbocycles. The summed E-state index contributed by atoms with van der Waals surface area (Å²) in [5.41, 5.74) is 10.4. The van der Waals surface area contributed by atoms with E-state index in [2.05, 4.69) is 30.0 Å². The van der Waals surface area contributed by atoms with Crippen molar-refractivity contribution in [1.29, 1.82) is 0 Å². The van der Waals surface area contributed by atoms with Crippen molar-refractivity contribution in [2.75, 3.05) is 11.4 Å². The lowest BCUT2D eigenvalue weighted by Crippen LogP contribution is -2.50. The summed E-state index contributed by atoms with van der Waals surface area (Å²) in [6, 6.07) is 7.96.